The van der Waals surface area contributed by atoms with Gasteiger partial charge in [0.05, 0.1) is 16.5 Å². The molecule has 2 aliphatic carbocycles. The van der Waals surface area contributed by atoms with Crippen LogP contribution in [0.5, 0.6) is 0 Å². The van der Waals surface area contributed by atoms with Crippen molar-refractivity contribution < 1.29 is 37.1 Å². The standard InChI is InChI=1S/C36H35BrN2O8S/c1-36(2,3)47-35(43)38-29-19-39(48(44,45)24-15-13-23(37)14-16-24)18-28-22(20-46-34(42)21-9-5-4-6-10-21)17-27-31(30(28)29)33(41)26-12-8-7-11-25(26)32(27)40/h4-16,27,29-31H,17-20H2,1-3H3,(H,38,43)/t27-,29-,30-,31-/m0/s1. The lowest BCUT2D eigenvalue weighted by molar-refractivity contribution is 0.0398. The van der Waals surface area contributed by atoms with Gasteiger partial charge in [0.15, 0.2) is 11.6 Å². The number of nitrogens with one attached hydrogen (secondary N) is 1. The van der Waals surface area contributed by atoms with Gasteiger partial charge < -0.3 is 14.8 Å². The minimum absolute atomic E-state index is 0.0457. The van der Waals surface area contributed by atoms with E-state index in [1.807, 2.05) is 0 Å². The number of esters is 1. The summed E-state index contributed by atoms with van der Waals surface area (Å²) < 4.78 is 41.5. The second kappa shape index (κ2) is 13.1. The van der Waals surface area contributed by atoms with Crippen molar-refractivity contribution in [3.63, 3.8) is 0 Å². The van der Waals surface area contributed by atoms with E-state index in [0.717, 1.165) is 0 Å². The second-order valence-electron chi connectivity index (χ2n) is 13.2. The van der Waals surface area contributed by atoms with Crippen molar-refractivity contribution in [2.45, 2.75) is 43.7 Å². The number of fused-ring (bicyclic) bond motifs is 4. The third kappa shape index (κ3) is 6.61. The maximum Gasteiger partial charge on any atom is 0.407 e. The highest BCUT2D eigenvalue weighted by Gasteiger charge is 2.55. The molecule has 0 unspecified atom stereocenters. The summed E-state index contributed by atoms with van der Waals surface area (Å²) in [5.41, 5.74) is 1.16. The smallest absolute Gasteiger partial charge is 0.407 e. The van der Waals surface area contributed by atoms with Crippen LogP contribution in [0.2, 0.25) is 0 Å². The van der Waals surface area contributed by atoms with Gasteiger partial charge in [0.1, 0.15) is 12.2 Å². The molecule has 250 valence electrons. The Morgan fingerprint density at radius 3 is 2.17 bits per heavy atom. The van der Waals surface area contributed by atoms with Crippen molar-refractivity contribution in [2.75, 3.05) is 19.7 Å². The molecule has 1 saturated heterocycles. The van der Waals surface area contributed by atoms with Gasteiger partial charge in [-0.1, -0.05) is 58.4 Å². The summed E-state index contributed by atoms with van der Waals surface area (Å²) in [6.45, 7) is 4.59. The van der Waals surface area contributed by atoms with Gasteiger partial charge in [-0.15, -0.1) is 0 Å². The normalized spacial score (nSPS) is 22.7. The van der Waals surface area contributed by atoms with E-state index in [1.165, 1.54) is 16.4 Å². The monoisotopic (exact) mass is 734 g/mol. The molecule has 1 N–H and O–H groups in total. The number of carbonyl (C=O) groups excluding carboxylic acids is 4. The Hall–Kier alpha value is -4.13. The van der Waals surface area contributed by atoms with Crippen LogP contribution < -0.4 is 5.32 Å². The number of amides is 1. The first-order valence-corrected chi connectivity index (χ1v) is 17.8. The number of alkyl carbamates (subject to hydrolysis) is 1. The van der Waals surface area contributed by atoms with E-state index < -0.39 is 51.5 Å². The summed E-state index contributed by atoms with van der Waals surface area (Å²) in [6.07, 6.45) is -0.702. The van der Waals surface area contributed by atoms with Gasteiger partial charge in [0, 0.05) is 46.4 Å². The van der Waals surface area contributed by atoms with Crippen LogP contribution in [0.25, 0.3) is 0 Å². The van der Waals surface area contributed by atoms with Crippen LogP contribution in [0.1, 0.15) is 58.3 Å². The number of piperidine rings is 1. The number of rotatable bonds is 6. The second-order valence-corrected chi connectivity index (χ2v) is 16.1. The van der Waals surface area contributed by atoms with Crippen molar-refractivity contribution >= 4 is 49.6 Å². The molecule has 4 atom stereocenters. The molecule has 0 bridgehead atoms. The summed E-state index contributed by atoms with van der Waals surface area (Å²) in [5, 5.41) is 2.86. The molecule has 10 nitrogen and oxygen atoms in total. The Balaban J connectivity index is 1.46. The Bertz CT molecular complexity index is 1920. The van der Waals surface area contributed by atoms with Crippen molar-refractivity contribution in [1.82, 2.24) is 9.62 Å². The predicted octanol–water partition coefficient (Wildman–Crippen LogP) is 5.83. The maximum atomic E-state index is 14.3. The van der Waals surface area contributed by atoms with Crippen molar-refractivity contribution in [2.24, 2.45) is 17.8 Å². The van der Waals surface area contributed by atoms with Crippen molar-refractivity contribution in [3.05, 3.63) is 111 Å². The number of Topliss-reactive ketones (excluding diaryl/α,β-unsaturated/α-hetero) is 2. The molecule has 3 aliphatic rings. The molecule has 0 aromatic heterocycles. The quantitative estimate of drug-likeness (QED) is 0.247. The highest BCUT2D eigenvalue weighted by Crippen LogP contribution is 2.49. The third-order valence-corrected chi connectivity index (χ3v) is 11.3. The molecule has 48 heavy (non-hydrogen) atoms. The summed E-state index contributed by atoms with van der Waals surface area (Å²) in [7, 11) is -4.11. The van der Waals surface area contributed by atoms with Crippen molar-refractivity contribution in [3.8, 4) is 0 Å². The van der Waals surface area contributed by atoms with E-state index in [4.69, 9.17) is 9.47 Å². The number of hydrogen-bond donors (Lipinski definition) is 1. The Labute approximate surface area is 287 Å². The SMILES string of the molecule is CC(C)(C)OC(=O)N[C@H]1CN(S(=O)(=O)c2ccc(Br)cc2)CC2=C(COC(=O)c3ccccc3)C[C@@H]3C(=O)c4ccccc4C(=O)[C@@H]3[C@@H]21. The lowest BCUT2D eigenvalue weighted by Crippen LogP contribution is -2.61. The fraction of sp³-hybridized carbons (Fsp3) is 0.333. The highest BCUT2D eigenvalue weighted by atomic mass is 79.9. The van der Waals surface area contributed by atoms with E-state index in [-0.39, 0.29) is 42.6 Å². The summed E-state index contributed by atoms with van der Waals surface area (Å²) in [6, 6.07) is 20.3. The Morgan fingerprint density at radius 2 is 1.52 bits per heavy atom. The number of carbonyl (C=O) groups is 4. The molecular formula is C36H35BrN2O8S. The number of nitrogens with zero attached hydrogens (tertiary/aromatic N) is 1. The van der Waals surface area contributed by atoms with Crippen LogP contribution in [0.15, 0.2) is 99.4 Å². The summed E-state index contributed by atoms with van der Waals surface area (Å²) in [4.78, 5) is 54.6. The van der Waals surface area contributed by atoms with E-state index >= 15 is 0 Å². The van der Waals surface area contributed by atoms with E-state index in [2.05, 4.69) is 21.2 Å². The third-order valence-electron chi connectivity index (χ3n) is 8.96. The number of halogens is 1. The van der Waals surface area contributed by atoms with Gasteiger partial charge in [-0.2, -0.15) is 4.31 Å². The van der Waals surface area contributed by atoms with Crippen LogP contribution in [0.3, 0.4) is 0 Å². The molecule has 0 radical (unpaired) electrons. The molecular weight excluding hydrogens is 700 g/mol. The molecule has 1 aliphatic heterocycles. The fourth-order valence-electron chi connectivity index (χ4n) is 6.91. The molecule has 3 aromatic rings. The average molecular weight is 736 g/mol. The predicted molar refractivity (Wildman–Crippen MR) is 180 cm³/mol. The van der Waals surface area contributed by atoms with E-state index in [0.29, 0.717) is 32.3 Å². The zero-order valence-corrected chi connectivity index (χ0v) is 29.0. The van der Waals surface area contributed by atoms with E-state index in [1.54, 1.807) is 87.5 Å². The average Bonchev–Trinajstić information content (AvgIpc) is 3.05. The largest absolute Gasteiger partial charge is 0.458 e. The number of hydrogen-bond acceptors (Lipinski definition) is 8. The molecule has 12 heteroatoms. The van der Waals surface area contributed by atoms with Crippen LogP contribution in [0.4, 0.5) is 4.79 Å². The lowest BCUT2D eigenvalue weighted by Gasteiger charge is -2.49. The molecule has 1 heterocycles. The van der Waals surface area contributed by atoms with Gasteiger partial charge in [0.25, 0.3) is 0 Å². The molecule has 6 rings (SSSR count). The maximum absolute atomic E-state index is 14.3. The van der Waals surface area contributed by atoms with Gasteiger partial charge >= 0.3 is 12.1 Å². The first-order valence-electron chi connectivity index (χ1n) is 15.6. The molecule has 1 amide bonds. The van der Waals surface area contributed by atoms with Gasteiger partial charge in [0.2, 0.25) is 10.0 Å². The Kier molecular flexibility index (Phi) is 9.18. The lowest BCUT2D eigenvalue weighted by atomic mass is 9.58. The van der Waals surface area contributed by atoms with E-state index in [9.17, 15) is 27.6 Å². The van der Waals surface area contributed by atoms with Crippen LogP contribution in [-0.4, -0.2) is 67.7 Å². The number of benzene rings is 3. The zero-order valence-electron chi connectivity index (χ0n) is 26.6. The minimum atomic E-state index is -4.11. The van der Waals surface area contributed by atoms with Crippen LogP contribution in [0, 0.1) is 17.8 Å². The molecule has 0 saturated carbocycles. The Morgan fingerprint density at radius 1 is 0.896 bits per heavy atom. The zero-order chi connectivity index (χ0) is 34.4. The van der Waals surface area contributed by atoms with Crippen LogP contribution >= 0.6 is 15.9 Å². The van der Waals surface area contributed by atoms with Gasteiger partial charge in [-0.3, -0.25) is 9.59 Å². The van der Waals surface area contributed by atoms with Crippen molar-refractivity contribution in [1.29, 1.82) is 0 Å². The van der Waals surface area contributed by atoms with Gasteiger partial charge in [-0.25, -0.2) is 18.0 Å². The number of ether oxygens (including phenoxy) is 2. The molecule has 1 fully saturated rings. The number of ketones is 2. The fourth-order valence-corrected chi connectivity index (χ4v) is 8.62. The number of sulfonamides is 1. The highest BCUT2D eigenvalue weighted by molar-refractivity contribution is 9.10. The minimum Gasteiger partial charge on any atom is -0.458 e. The summed E-state index contributed by atoms with van der Waals surface area (Å²) in [5.74, 6) is -3.52. The molecule has 3 aromatic carbocycles. The first kappa shape index (κ1) is 33.8. The van der Waals surface area contributed by atoms with Crippen LogP contribution in [-0.2, 0) is 19.5 Å². The topological polar surface area (TPSA) is 136 Å². The first-order chi connectivity index (χ1) is 22.7. The van der Waals surface area contributed by atoms with Gasteiger partial charge in [-0.05, 0) is 74.7 Å². The summed E-state index contributed by atoms with van der Waals surface area (Å²) >= 11 is 3.34. The molecule has 0 spiro atoms.